The van der Waals surface area contributed by atoms with E-state index in [2.05, 4.69) is 30.1 Å². The minimum absolute atomic E-state index is 0.519. The summed E-state index contributed by atoms with van der Waals surface area (Å²) in [5, 5.41) is 0.554. The van der Waals surface area contributed by atoms with Crippen molar-refractivity contribution in [3.05, 3.63) is 23.4 Å². The van der Waals surface area contributed by atoms with Crippen molar-refractivity contribution in [3.8, 4) is 0 Å². The van der Waals surface area contributed by atoms with Gasteiger partial charge in [-0.1, -0.05) is 24.6 Å². The molecule has 0 amide bonds. The van der Waals surface area contributed by atoms with Crippen molar-refractivity contribution < 1.29 is 0 Å². The van der Waals surface area contributed by atoms with Gasteiger partial charge in [-0.3, -0.25) is 0 Å². The zero-order valence-corrected chi connectivity index (χ0v) is 11.0. The lowest BCUT2D eigenvalue weighted by molar-refractivity contribution is 0.666. The molecule has 0 radical (unpaired) electrons. The van der Waals surface area contributed by atoms with E-state index in [0.29, 0.717) is 11.2 Å². The molecule has 0 aliphatic carbocycles. The lowest BCUT2D eigenvalue weighted by atomic mass is 10.2. The maximum atomic E-state index is 5.87. The fourth-order valence-electron chi connectivity index (χ4n) is 1.48. The van der Waals surface area contributed by atoms with Crippen LogP contribution >= 0.6 is 23.4 Å². The quantitative estimate of drug-likeness (QED) is 0.740. The number of hydrogen-bond donors (Lipinski definition) is 0. The van der Waals surface area contributed by atoms with E-state index in [1.54, 1.807) is 6.07 Å². The SMILES string of the molecule is CCC(CSC)N(C)c1cccc(Cl)n1. The van der Waals surface area contributed by atoms with E-state index in [1.807, 2.05) is 23.9 Å². The van der Waals surface area contributed by atoms with E-state index in [4.69, 9.17) is 11.6 Å². The highest BCUT2D eigenvalue weighted by molar-refractivity contribution is 7.98. The molecule has 0 saturated heterocycles. The van der Waals surface area contributed by atoms with E-state index >= 15 is 0 Å². The predicted molar refractivity (Wildman–Crippen MR) is 70.1 cm³/mol. The second-order valence-corrected chi connectivity index (χ2v) is 4.74. The van der Waals surface area contributed by atoms with Gasteiger partial charge in [0, 0.05) is 18.8 Å². The topological polar surface area (TPSA) is 16.1 Å². The summed E-state index contributed by atoms with van der Waals surface area (Å²) in [4.78, 5) is 6.50. The lowest BCUT2D eigenvalue weighted by Gasteiger charge is -2.27. The van der Waals surface area contributed by atoms with Crippen LogP contribution in [0.5, 0.6) is 0 Å². The third kappa shape index (κ3) is 3.58. The molecular formula is C11H17ClN2S. The predicted octanol–water partition coefficient (Wildman–Crippen LogP) is 3.31. The Morgan fingerprint density at radius 2 is 2.27 bits per heavy atom. The van der Waals surface area contributed by atoms with Gasteiger partial charge < -0.3 is 4.90 Å². The van der Waals surface area contributed by atoms with Gasteiger partial charge >= 0.3 is 0 Å². The fourth-order valence-corrected chi connectivity index (χ4v) is 2.48. The molecule has 0 aliphatic rings. The molecule has 0 saturated carbocycles. The molecule has 84 valence electrons. The summed E-state index contributed by atoms with van der Waals surface area (Å²) in [6.07, 6.45) is 3.24. The van der Waals surface area contributed by atoms with E-state index in [-0.39, 0.29) is 0 Å². The molecular weight excluding hydrogens is 228 g/mol. The van der Waals surface area contributed by atoms with Crippen LogP contribution in [0.4, 0.5) is 5.82 Å². The number of anilines is 1. The Morgan fingerprint density at radius 1 is 1.53 bits per heavy atom. The Labute approximate surface area is 101 Å². The van der Waals surface area contributed by atoms with Crippen molar-refractivity contribution in [1.82, 2.24) is 4.98 Å². The van der Waals surface area contributed by atoms with Crippen molar-refractivity contribution >= 4 is 29.2 Å². The molecule has 0 aromatic carbocycles. The van der Waals surface area contributed by atoms with Crippen molar-refractivity contribution in [2.24, 2.45) is 0 Å². The van der Waals surface area contributed by atoms with E-state index in [0.717, 1.165) is 18.0 Å². The summed E-state index contributed by atoms with van der Waals surface area (Å²) < 4.78 is 0. The molecule has 0 bridgehead atoms. The summed E-state index contributed by atoms with van der Waals surface area (Å²) in [6, 6.07) is 6.25. The summed E-state index contributed by atoms with van der Waals surface area (Å²) in [7, 11) is 2.07. The van der Waals surface area contributed by atoms with E-state index in [1.165, 1.54) is 0 Å². The Kier molecular flexibility index (Phi) is 5.26. The van der Waals surface area contributed by atoms with Crippen LogP contribution in [0.25, 0.3) is 0 Å². The molecule has 1 atom stereocenters. The molecule has 2 nitrogen and oxygen atoms in total. The number of nitrogens with zero attached hydrogens (tertiary/aromatic N) is 2. The minimum Gasteiger partial charge on any atom is -0.356 e. The average Bonchev–Trinajstić information content (AvgIpc) is 2.25. The van der Waals surface area contributed by atoms with Crippen molar-refractivity contribution in [1.29, 1.82) is 0 Å². The van der Waals surface area contributed by atoms with Crippen molar-refractivity contribution in [3.63, 3.8) is 0 Å². The van der Waals surface area contributed by atoms with Gasteiger partial charge in [-0.05, 0) is 24.8 Å². The number of thioether (sulfide) groups is 1. The molecule has 1 unspecified atom stereocenters. The first kappa shape index (κ1) is 12.7. The van der Waals surface area contributed by atoms with Crippen LogP contribution < -0.4 is 4.90 Å². The largest absolute Gasteiger partial charge is 0.356 e. The van der Waals surface area contributed by atoms with Crippen LogP contribution in [-0.2, 0) is 0 Å². The maximum absolute atomic E-state index is 5.87. The van der Waals surface area contributed by atoms with Crippen LogP contribution in [-0.4, -0.2) is 30.1 Å². The Morgan fingerprint density at radius 3 is 2.80 bits per heavy atom. The first-order chi connectivity index (χ1) is 7.19. The van der Waals surface area contributed by atoms with Gasteiger partial charge in [0.05, 0.1) is 0 Å². The zero-order valence-electron chi connectivity index (χ0n) is 9.40. The molecule has 15 heavy (non-hydrogen) atoms. The lowest BCUT2D eigenvalue weighted by Crippen LogP contribution is -2.33. The van der Waals surface area contributed by atoms with Crippen LogP contribution in [0, 0.1) is 0 Å². The van der Waals surface area contributed by atoms with E-state index in [9.17, 15) is 0 Å². The number of halogens is 1. The third-order valence-electron chi connectivity index (χ3n) is 2.44. The van der Waals surface area contributed by atoms with Crippen LogP contribution in [0.2, 0.25) is 5.15 Å². The second kappa shape index (κ2) is 6.23. The van der Waals surface area contributed by atoms with Crippen LogP contribution in [0.3, 0.4) is 0 Å². The number of pyridine rings is 1. The first-order valence-corrected chi connectivity index (χ1v) is 6.80. The molecule has 1 aromatic heterocycles. The Balaban J connectivity index is 2.77. The van der Waals surface area contributed by atoms with Gasteiger partial charge in [0.2, 0.25) is 0 Å². The summed E-state index contributed by atoms with van der Waals surface area (Å²) in [5.74, 6) is 2.06. The molecule has 4 heteroatoms. The Bertz CT molecular complexity index is 306. The standard InChI is InChI=1S/C11H17ClN2S/c1-4-9(8-15-3)14(2)11-7-5-6-10(12)13-11/h5-7,9H,4,8H2,1-3H3. The monoisotopic (exact) mass is 244 g/mol. The number of rotatable bonds is 5. The smallest absolute Gasteiger partial charge is 0.131 e. The number of hydrogen-bond acceptors (Lipinski definition) is 3. The van der Waals surface area contributed by atoms with Crippen LogP contribution in [0.1, 0.15) is 13.3 Å². The van der Waals surface area contributed by atoms with Crippen LogP contribution in [0.15, 0.2) is 18.2 Å². The summed E-state index contributed by atoms with van der Waals surface area (Å²) in [5.41, 5.74) is 0. The first-order valence-electron chi connectivity index (χ1n) is 5.03. The van der Waals surface area contributed by atoms with Gasteiger partial charge in [-0.2, -0.15) is 11.8 Å². The minimum atomic E-state index is 0.519. The van der Waals surface area contributed by atoms with Gasteiger partial charge in [-0.25, -0.2) is 4.98 Å². The maximum Gasteiger partial charge on any atom is 0.131 e. The van der Waals surface area contributed by atoms with Gasteiger partial charge in [0.1, 0.15) is 11.0 Å². The summed E-state index contributed by atoms with van der Waals surface area (Å²) >= 11 is 7.73. The second-order valence-electron chi connectivity index (χ2n) is 3.45. The molecule has 1 rings (SSSR count). The molecule has 0 spiro atoms. The highest BCUT2D eigenvalue weighted by atomic mass is 35.5. The van der Waals surface area contributed by atoms with Gasteiger partial charge in [0.25, 0.3) is 0 Å². The van der Waals surface area contributed by atoms with E-state index < -0.39 is 0 Å². The third-order valence-corrected chi connectivity index (χ3v) is 3.37. The molecule has 0 fully saturated rings. The molecule has 0 N–H and O–H groups in total. The van der Waals surface area contributed by atoms with Gasteiger partial charge in [0.15, 0.2) is 0 Å². The van der Waals surface area contributed by atoms with Gasteiger partial charge in [-0.15, -0.1) is 0 Å². The normalized spacial score (nSPS) is 12.5. The van der Waals surface area contributed by atoms with Crippen molar-refractivity contribution in [2.75, 3.05) is 24.0 Å². The average molecular weight is 245 g/mol. The van der Waals surface area contributed by atoms with Crippen molar-refractivity contribution in [2.45, 2.75) is 19.4 Å². The molecule has 1 aromatic rings. The fraction of sp³-hybridized carbons (Fsp3) is 0.545. The zero-order chi connectivity index (χ0) is 11.3. The highest BCUT2D eigenvalue weighted by Crippen LogP contribution is 2.18. The summed E-state index contributed by atoms with van der Waals surface area (Å²) in [6.45, 7) is 2.20. The number of aromatic nitrogens is 1. The highest BCUT2D eigenvalue weighted by Gasteiger charge is 2.13. The Hall–Kier alpha value is -0.410. The molecule has 1 heterocycles. The molecule has 0 aliphatic heterocycles.